The van der Waals surface area contributed by atoms with Crippen LogP contribution < -0.4 is 0 Å². The molecule has 6 heteroatoms. The van der Waals surface area contributed by atoms with Crippen molar-refractivity contribution >= 4 is 29.3 Å². The van der Waals surface area contributed by atoms with Gasteiger partial charge in [-0.15, -0.1) is 11.8 Å². The molecule has 1 aromatic heterocycles. The summed E-state index contributed by atoms with van der Waals surface area (Å²) >= 11 is 7.75. The van der Waals surface area contributed by atoms with Gasteiger partial charge >= 0.3 is 5.97 Å². The molecule has 1 heterocycles. The summed E-state index contributed by atoms with van der Waals surface area (Å²) in [6, 6.07) is 17.2. The molecule has 0 aliphatic rings. The van der Waals surface area contributed by atoms with Gasteiger partial charge in [-0.05, 0) is 29.8 Å². The third-order valence-electron chi connectivity index (χ3n) is 3.26. The number of aromatic carboxylic acids is 1. The first-order valence-electron chi connectivity index (χ1n) is 6.89. The predicted octanol–water partition coefficient (Wildman–Crippen LogP) is 4.72. The quantitative estimate of drug-likeness (QED) is 0.657. The number of rotatable bonds is 5. The molecular weight excluding hydrogens is 332 g/mol. The number of aromatic amines is 1. The zero-order valence-electron chi connectivity index (χ0n) is 12.0. The van der Waals surface area contributed by atoms with Crippen LogP contribution in [-0.4, -0.2) is 21.3 Å². The average Bonchev–Trinajstić information content (AvgIpc) is 3.05. The van der Waals surface area contributed by atoms with Crippen molar-refractivity contribution < 1.29 is 9.90 Å². The summed E-state index contributed by atoms with van der Waals surface area (Å²) in [4.78, 5) is 12.0. The summed E-state index contributed by atoms with van der Waals surface area (Å²) in [6.07, 6.45) is 0. The predicted molar refractivity (Wildman–Crippen MR) is 92.0 cm³/mol. The van der Waals surface area contributed by atoms with E-state index < -0.39 is 5.97 Å². The minimum Gasteiger partial charge on any atom is -0.477 e. The van der Waals surface area contributed by atoms with E-state index in [-0.39, 0.29) is 5.69 Å². The molecule has 0 aliphatic heterocycles. The van der Waals surface area contributed by atoms with Crippen molar-refractivity contribution in [1.82, 2.24) is 10.2 Å². The van der Waals surface area contributed by atoms with E-state index in [0.717, 1.165) is 16.2 Å². The molecule has 0 bridgehead atoms. The van der Waals surface area contributed by atoms with Gasteiger partial charge in [0.25, 0.3) is 0 Å². The van der Waals surface area contributed by atoms with Gasteiger partial charge in [0.1, 0.15) is 5.69 Å². The molecule has 23 heavy (non-hydrogen) atoms. The first-order valence-corrected chi connectivity index (χ1v) is 8.25. The number of carboxylic acids is 1. The van der Waals surface area contributed by atoms with Crippen molar-refractivity contribution in [2.75, 3.05) is 0 Å². The number of halogens is 1. The molecule has 0 saturated heterocycles. The van der Waals surface area contributed by atoms with Gasteiger partial charge in [0.15, 0.2) is 0 Å². The summed E-state index contributed by atoms with van der Waals surface area (Å²) < 4.78 is 0. The number of H-pyrrole nitrogens is 1. The molecule has 0 saturated carbocycles. The topological polar surface area (TPSA) is 66.0 Å². The van der Waals surface area contributed by atoms with Gasteiger partial charge in [-0.25, -0.2) is 4.79 Å². The number of nitrogens with one attached hydrogen (secondary N) is 1. The molecule has 2 N–H and O–H groups in total. The van der Waals surface area contributed by atoms with Crippen LogP contribution in [0.1, 0.15) is 16.1 Å². The standard InChI is InChI=1S/C17H13ClN2O2S/c18-12-6-7-16(23-10-11-4-2-1-3-5-11)13(8-12)14-9-15(17(21)22)20-19-14/h1-9H,10H2,(H,19,20)(H,21,22). The number of nitrogens with zero attached hydrogens (tertiary/aromatic N) is 1. The zero-order valence-corrected chi connectivity index (χ0v) is 13.6. The molecule has 4 nitrogen and oxygen atoms in total. The lowest BCUT2D eigenvalue weighted by Gasteiger charge is -2.08. The Balaban J connectivity index is 1.89. The van der Waals surface area contributed by atoms with E-state index in [1.54, 1.807) is 17.8 Å². The highest BCUT2D eigenvalue weighted by molar-refractivity contribution is 7.98. The normalized spacial score (nSPS) is 10.7. The molecule has 3 rings (SSSR count). The van der Waals surface area contributed by atoms with Crippen molar-refractivity contribution in [2.45, 2.75) is 10.6 Å². The van der Waals surface area contributed by atoms with Gasteiger partial charge in [-0.1, -0.05) is 41.9 Å². The first-order chi connectivity index (χ1) is 11.1. The molecule has 0 fully saturated rings. The summed E-state index contributed by atoms with van der Waals surface area (Å²) in [5.74, 6) is -0.227. The second-order valence-corrected chi connectivity index (χ2v) is 6.34. The first kappa shape index (κ1) is 15.6. The van der Waals surface area contributed by atoms with Crippen LogP contribution in [0.5, 0.6) is 0 Å². The Morgan fingerprint density at radius 2 is 1.96 bits per heavy atom. The SMILES string of the molecule is O=C(O)c1cc(-c2cc(Cl)ccc2SCc2ccccc2)n[nH]1. The third-order valence-corrected chi connectivity index (χ3v) is 4.64. The number of benzene rings is 2. The minimum atomic E-state index is -1.04. The Hall–Kier alpha value is -2.24. The smallest absolute Gasteiger partial charge is 0.353 e. The van der Waals surface area contributed by atoms with Gasteiger partial charge in [0.2, 0.25) is 0 Å². The molecule has 0 spiro atoms. The van der Waals surface area contributed by atoms with Crippen molar-refractivity contribution in [3.8, 4) is 11.3 Å². The molecule has 0 aliphatic carbocycles. The van der Waals surface area contributed by atoms with Crippen molar-refractivity contribution in [3.63, 3.8) is 0 Å². The molecule has 3 aromatic rings. The highest BCUT2D eigenvalue weighted by atomic mass is 35.5. The number of carboxylic acid groups (broad SMARTS) is 1. The molecule has 0 atom stereocenters. The fourth-order valence-corrected chi connectivity index (χ4v) is 3.30. The highest BCUT2D eigenvalue weighted by Gasteiger charge is 2.13. The van der Waals surface area contributed by atoms with E-state index in [0.29, 0.717) is 10.7 Å². The second kappa shape index (κ2) is 6.89. The lowest BCUT2D eigenvalue weighted by Crippen LogP contribution is -1.95. The molecule has 0 unspecified atom stereocenters. The van der Waals surface area contributed by atoms with Crippen molar-refractivity contribution in [1.29, 1.82) is 0 Å². The molecule has 2 aromatic carbocycles. The van der Waals surface area contributed by atoms with Crippen molar-refractivity contribution in [3.05, 3.63) is 70.9 Å². The summed E-state index contributed by atoms with van der Waals surface area (Å²) in [7, 11) is 0. The van der Waals surface area contributed by atoms with Crippen molar-refractivity contribution in [2.24, 2.45) is 0 Å². The van der Waals surface area contributed by atoms with E-state index in [1.807, 2.05) is 30.3 Å². The van der Waals surface area contributed by atoms with E-state index >= 15 is 0 Å². The van der Waals surface area contributed by atoms with E-state index in [4.69, 9.17) is 16.7 Å². The van der Waals surface area contributed by atoms with E-state index in [1.165, 1.54) is 11.6 Å². The Morgan fingerprint density at radius 1 is 1.17 bits per heavy atom. The Kier molecular flexibility index (Phi) is 4.69. The largest absolute Gasteiger partial charge is 0.477 e. The van der Waals surface area contributed by atoms with Crippen LogP contribution in [0.3, 0.4) is 0 Å². The van der Waals surface area contributed by atoms with E-state index in [9.17, 15) is 4.79 Å². The van der Waals surface area contributed by atoms with Crippen LogP contribution >= 0.6 is 23.4 Å². The number of carbonyl (C=O) groups is 1. The summed E-state index contributed by atoms with van der Waals surface area (Å²) in [5, 5.41) is 16.2. The molecule has 116 valence electrons. The molecular formula is C17H13ClN2O2S. The van der Waals surface area contributed by atoms with Crippen LogP contribution in [0.4, 0.5) is 0 Å². The lowest BCUT2D eigenvalue weighted by atomic mass is 10.1. The Morgan fingerprint density at radius 3 is 2.65 bits per heavy atom. The average molecular weight is 345 g/mol. The summed E-state index contributed by atoms with van der Waals surface area (Å²) in [5.41, 5.74) is 2.66. The number of aromatic nitrogens is 2. The van der Waals surface area contributed by atoms with Gasteiger partial charge in [0.05, 0.1) is 5.69 Å². The highest BCUT2D eigenvalue weighted by Crippen LogP contribution is 2.34. The lowest BCUT2D eigenvalue weighted by molar-refractivity contribution is 0.0690. The van der Waals surface area contributed by atoms with Crippen LogP contribution in [0, 0.1) is 0 Å². The third kappa shape index (κ3) is 3.75. The summed E-state index contributed by atoms with van der Waals surface area (Å²) in [6.45, 7) is 0. The van der Waals surface area contributed by atoms with Crippen LogP contribution in [0.25, 0.3) is 11.3 Å². The van der Waals surface area contributed by atoms with Crippen LogP contribution in [0.15, 0.2) is 59.5 Å². The maximum Gasteiger partial charge on any atom is 0.353 e. The van der Waals surface area contributed by atoms with Gasteiger partial charge in [-0.3, -0.25) is 5.10 Å². The maximum atomic E-state index is 11.0. The Labute approximate surface area is 142 Å². The Bertz CT molecular complexity index is 834. The van der Waals surface area contributed by atoms with Gasteiger partial charge in [0, 0.05) is 21.2 Å². The van der Waals surface area contributed by atoms with Crippen LogP contribution in [0.2, 0.25) is 5.02 Å². The fraction of sp³-hybridized carbons (Fsp3) is 0.0588. The number of hydrogen-bond donors (Lipinski definition) is 2. The zero-order chi connectivity index (χ0) is 16.2. The maximum absolute atomic E-state index is 11.0. The minimum absolute atomic E-state index is 0.0546. The fourth-order valence-electron chi connectivity index (χ4n) is 2.13. The second-order valence-electron chi connectivity index (χ2n) is 4.89. The number of thioether (sulfide) groups is 1. The van der Waals surface area contributed by atoms with Crippen LogP contribution in [-0.2, 0) is 5.75 Å². The monoisotopic (exact) mass is 344 g/mol. The van der Waals surface area contributed by atoms with E-state index in [2.05, 4.69) is 22.3 Å². The molecule has 0 radical (unpaired) electrons. The van der Waals surface area contributed by atoms with Gasteiger partial charge in [-0.2, -0.15) is 5.10 Å². The van der Waals surface area contributed by atoms with Gasteiger partial charge < -0.3 is 5.11 Å². The number of hydrogen-bond acceptors (Lipinski definition) is 3. The molecule has 0 amide bonds.